The number of nitrogens with zero attached hydrogens (tertiary/aromatic N) is 1. The van der Waals surface area contributed by atoms with Crippen molar-refractivity contribution in [3.8, 4) is 0 Å². The first-order valence-electron chi connectivity index (χ1n) is 9.96. The highest BCUT2D eigenvalue weighted by Crippen LogP contribution is 2.33. The van der Waals surface area contributed by atoms with Crippen LogP contribution in [-0.4, -0.2) is 16.6 Å². The maximum absolute atomic E-state index is 13.3. The van der Waals surface area contributed by atoms with Crippen molar-refractivity contribution in [3.05, 3.63) is 90.1 Å². The van der Waals surface area contributed by atoms with Gasteiger partial charge in [0.1, 0.15) is 11.5 Å². The molecule has 4 aromatic rings. The Morgan fingerprint density at radius 2 is 1.41 bits per heavy atom. The summed E-state index contributed by atoms with van der Waals surface area (Å²) in [4.78, 5) is 18.2. The molecule has 146 valence electrons. The first kappa shape index (κ1) is 19.1. The lowest BCUT2D eigenvalue weighted by atomic mass is 9.91. The monoisotopic (exact) mass is 383 g/mol. The summed E-state index contributed by atoms with van der Waals surface area (Å²) in [6.07, 6.45) is 0.547. The SMILES string of the molecule is CC(C)(C)OC(=O)C(Cc1ccccc1)c1nc2ccccc2c2ccccc12. The van der Waals surface area contributed by atoms with Crippen LogP contribution in [0, 0.1) is 0 Å². The third-order valence-corrected chi connectivity index (χ3v) is 4.94. The second-order valence-corrected chi connectivity index (χ2v) is 8.34. The van der Waals surface area contributed by atoms with Gasteiger partial charge in [0.15, 0.2) is 0 Å². The van der Waals surface area contributed by atoms with Gasteiger partial charge in [-0.25, -0.2) is 0 Å². The molecule has 0 saturated carbocycles. The van der Waals surface area contributed by atoms with Crippen LogP contribution in [0.1, 0.15) is 37.9 Å². The van der Waals surface area contributed by atoms with Crippen LogP contribution in [0.5, 0.6) is 0 Å². The number of aromatic nitrogens is 1. The Balaban J connectivity index is 1.91. The molecule has 0 aliphatic rings. The molecule has 0 aliphatic heterocycles. The maximum atomic E-state index is 13.3. The fourth-order valence-corrected chi connectivity index (χ4v) is 3.71. The molecule has 0 amide bonds. The molecule has 0 aliphatic carbocycles. The van der Waals surface area contributed by atoms with Gasteiger partial charge in [0, 0.05) is 10.8 Å². The highest BCUT2D eigenvalue weighted by molar-refractivity contribution is 6.07. The van der Waals surface area contributed by atoms with Gasteiger partial charge in [-0.3, -0.25) is 9.78 Å². The molecule has 0 bridgehead atoms. The van der Waals surface area contributed by atoms with E-state index < -0.39 is 11.5 Å². The normalized spacial score (nSPS) is 12.8. The number of esters is 1. The number of rotatable bonds is 4. The molecule has 3 heteroatoms. The van der Waals surface area contributed by atoms with E-state index in [4.69, 9.17) is 9.72 Å². The molecular weight excluding hydrogens is 358 g/mol. The quantitative estimate of drug-likeness (QED) is 0.318. The summed E-state index contributed by atoms with van der Waals surface area (Å²) in [5.41, 5.74) is 2.20. The van der Waals surface area contributed by atoms with Crippen molar-refractivity contribution in [2.45, 2.75) is 38.7 Å². The first-order chi connectivity index (χ1) is 13.9. The molecule has 1 unspecified atom stereocenters. The zero-order valence-electron chi connectivity index (χ0n) is 17.1. The summed E-state index contributed by atoms with van der Waals surface area (Å²) in [7, 11) is 0. The number of benzene rings is 3. The van der Waals surface area contributed by atoms with Gasteiger partial charge in [0.2, 0.25) is 0 Å². The second-order valence-electron chi connectivity index (χ2n) is 8.34. The van der Waals surface area contributed by atoms with Gasteiger partial charge in [-0.15, -0.1) is 0 Å². The van der Waals surface area contributed by atoms with Crippen molar-refractivity contribution in [1.29, 1.82) is 0 Å². The van der Waals surface area contributed by atoms with E-state index in [1.165, 1.54) is 0 Å². The fourth-order valence-electron chi connectivity index (χ4n) is 3.71. The van der Waals surface area contributed by atoms with Gasteiger partial charge >= 0.3 is 5.97 Å². The Hall–Kier alpha value is -3.20. The van der Waals surface area contributed by atoms with Crippen LogP contribution in [0.3, 0.4) is 0 Å². The van der Waals surface area contributed by atoms with Crippen molar-refractivity contribution < 1.29 is 9.53 Å². The smallest absolute Gasteiger partial charge is 0.315 e. The molecule has 0 N–H and O–H groups in total. The Morgan fingerprint density at radius 3 is 2.10 bits per heavy atom. The summed E-state index contributed by atoms with van der Waals surface area (Å²) in [5.74, 6) is -0.722. The highest BCUT2D eigenvalue weighted by Gasteiger charge is 2.30. The van der Waals surface area contributed by atoms with Gasteiger partial charge in [-0.05, 0) is 44.2 Å². The predicted octanol–water partition coefficient (Wildman–Crippen LogP) is 6.06. The minimum atomic E-state index is -0.557. The van der Waals surface area contributed by atoms with Crippen LogP contribution in [0.15, 0.2) is 78.9 Å². The molecule has 0 radical (unpaired) electrons. The van der Waals surface area contributed by atoms with Crippen molar-refractivity contribution in [2.75, 3.05) is 0 Å². The average molecular weight is 383 g/mol. The number of fused-ring (bicyclic) bond motifs is 3. The van der Waals surface area contributed by atoms with Gasteiger partial charge in [-0.1, -0.05) is 72.8 Å². The number of hydrogen-bond donors (Lipinski definition) is 0. The van der Waals surface area contributed by atoms with Gasteiger partial charge in [0.25, 0.3) is 0 Å². The van der Waals surface area contributed by atoms with Crippen molar-refractivity contribution in [3.63, 3.8) is 0 Å². The lowest BCUT2D eigenvalue weighted by molar-refractivity contribution is -0.156. The molecule has 0 fully saturated rings. The summed E-state index contributed by atoms with van der Waals surface area (Å²) >= 11 is 0. The minimum absolute atomic E-state index is 0.241. The predicted molar refractivity (Wildman–Crippen MR) is 118 cm³/mol. The molecule has 1 atom stereocenters. The number of carbonyl (C=O) groups is 1. The Labute approximate surface area is 171 Å². The van der Waals surface area contributed by atoms with E-state index in [0.29, 0.717) is 6.42 Å². The van der Waals surface area contributed by atoms with Crippen LogP contribution in [0.2, 0.25) is 0 Å². The van der Waals surface area contributed by atoms with Crippen molar-refractivity contribution in [2.24, 2.45) is 0 Å². The summed E-state index contributed by atoms with van der Waals surface area (Å²) in [5, 5.41) is 3.20. The number of pyridine rings is 1. The molecule has 29 heavy (non-hydrogen) atoms. The van der Waals surface area contributed by atoms with Crippen LogP contribution < -0.4 is 0 Å². The Kier molecular flexibility index (Phi) is 5.06. The Morgan fingerprint density at radius 1 is 0.828 bits per heavy atom. The Bertz CT molecular complexity index is 1160. The summed E-state index contributed by atoms with van der Waals surface area (Å²) in [6.45, 7) is 5.70. The van der Waals surface area contributed by atoms with E-state index >= 15 is 0 Å². The largest absolute Gasteiger partial charge is 0.459 e. The molecule has 1 aromatic heterocycles. The van der Waals surface area contributed by atoms with Gasteiger partial charge < -0.3 is 4.74 Å². The van der Waals surface area contributed by atoms with Crippen molar-refractivity contribution in [1.82, 2.24) is 4.98 Å². The minimum Gasteiger partial charge on any atom is -0.459 e. The average Bonchev–Trinajstić information content (AvgIpc) is 2.71. The molecule has 0 saturated heterocycles. The van der Waals surface area contributed by atoms with Gasteiger partial charge in [-0.2, -0.15) is 0 Å². The zero-order valence-corrected chi connectivity index (χ0v) is 17.1. The van der Waals surface area contributed by atoms with E-state index in [0.717, 1.165) is 32.9 Å². The topological polar surface area (TPSA) is 39.2 Å². The summed E-state index contributed by atoms with van der Waals surface area (Å²) in [6, 6.07) is 26.3. The number of ether oxygens (including phenoxy) is 1. The van der Waals surface area contributed by atoms with E-state index in [1.54, 1.807) is 0 Å². The van der Waals surface area contributed by atoms with E-state index in [1.807, 2.05) is 87.5 Å². The highest BCUT2D eigenvalue weighted by atomic mass is 16.6. The van der Waals surface area contributed by atoms with Gasteiger partial charge in [0.05, 0.1) is 11.2 Å². The summed E-state index contributed by atoms with van der Waals surface area (Å²) < 4.78 is 5.81. The lowest BCUT2D eigenvalue weighted by Crippen LogP contribution is -2.29. The van der Waals surface area contributed by atoms with E-state index in [9.17, 15) is 4.79 Å². The third kappa shape index (κ3) is 4.14. The molecule has 3 aromatic carbocycles. The number of hydrogen-bond acceptors (Lipinski definition) is 3. The number of carbonyl (C=O) groups excluding carboxylic acids is 1. The molecule has 3 nitrogen and oxygen atoms in total. The van der Waals surface area contributed by atoms with Crippen molar-refractivity contribution >= 4 is 27.6 Å². The van der Waals surface area contributed by atoms with Crippen LogP contribution in [0.25, 0.3) is 21.7 Å². The molecule has 1 heterocycles. The number of para-hydroxylation sites is 1. The van der Waals surface area contributed by atoms with E-state index in [2.05, 4.69) is 12.1 Å². The molecule has 0 spiro atoms. The molecule has 4 rings (SSSR count). The van der Waals surface area contributed by atoms with E-state index in [-0.39, 0.29) is 5.97 Å². The maximum Gasteiger partial charge on any atom is 0.315 e. The second kappa shape index (κ2) is 7.67. The van der Waals surface area contributed by atoms with Crippen LogP contribution >= 0.6 is 0 Å². The van der Waals surface area contributed by atoms with Crippen LogP contribution in [-0.2, 0) is 16.0 Å². The standard InChI is InChI=1S/C26H25NO2/c1-26(2,3)29-25(28)22(17-18-11-5-4-6-12-18)24-21-15-8-7-13-19(21)20-14-9-10-16-23(20)27-24/h4-16,22H,17H2,1-3H3. The fraction of sp³-hybridized carbons (Fsp3) is 0.231. The molecular formula is C26H25NO2. The zero-order chi connectivity index (χ0) is 20.4. The van der Waals surface area contributed by atoms with Crippen LogP contribution in [0.4, 0.5) is 0 Å². The third-order valence-electron chi connectivity index (χ3n) is 4.94. The first-order valence-corrected chi connectivity index (χ1v) is 9.96. The lowest BCUT2D eigenvalue weighted by Gasteiger charge is -2.25.